The van der Waals surface area contributed by atoms with Gasteiger partial charge in [0.2, 0.25) is 0 Å². The second-order valence-corrected chi connectivity index (χ2v) is 6.87. The van der Waals surface area contributed by atoms with E-state index in [1.165, 1.54) is 0 Å². The number of amides is 2. The first-order valence-corrected chi connectivity index (χ1v) is 9.28. The molecule has 4 rings (SSSR count). The molecule has 4 heteroatoms. The third kappa shape index (κ3) is 3.65. The van der Waals surface area contributed by atoms with E-state index in [2.05, 4.69) is 35.8 Å². The third-order valence-electron chi connectivity index (χ3n) is 4.95. The lowest BCUT2D eigenvalue weighted by atomic mass is 9.91. The highest BCUT2D eigenvalue weighted by Crippen LogP contribution is 2.39. The van der Waals surface area contributed by atoms with Crippen molar-refractivity contribution in [2.24, 2.45) is 0 Å². The summed E-state index contributed by atoms with van der Waals surface area (Å²) in [6, 6.07) is 28.1. The molecule has 1 aliphatic rings. The van der Waals surface area contributed by atoms with Gasteiger partial charge in [0.15, 0.2) is 0 Å². The first kappa shape index (κ1) is 17.2. The van der Waals surface area contributed by atoms with Crippen molar-refractivity contribution in [3.05, 3.63) is 90.5 Å². The predicted molar refractivity (Wildman–Crippen MR) is 111 cm³/mol. The van der Waals surface area contributed by atoms with Crippen LogP contribution in [0.25, 0.3) is 0 Å². The summed E-state index contributed by atoms with van der Waals surface area (Å²) < 4.78 is 0. The van der Waals surface area contributed by atoms with E-state index in [9.17, 15) is 4.79 Å². The Hall–Kier alpha value is -3.27. The van der Waals surface area contributed by atoms with Crippen molar-refractivity contribution in [1.82, 2.24) is 0 Å². The van der Waals surface area contributed by atoms with E-state index in [0.29, 0.717) is 0 Å². The van der Waals surface area contributed by atoms with Crippen LogP contribution in [-0.2, 0) is 0 Å². The molecule has 2 amide bonds. The van der Waals surface area contributed by atoms with E-state index >= 15 is 0 Å². The minimum Gasteiger partial charge on any atom is -0.378 e. The molecule has 0 fully saturated rings. The summed E-state index contributed by atoms with van der Waals surface area (Å²) in [7, 11) is 0. The fourth-order valence-corrected chi connectivity index (χ4v) is 3.70. The maximum atomic E-state index is 13.0. The highest BCUT2D eigenvalue weighted by atomic mass is 16.2. The van der Waals surface area contributed by atoms with Gasteiger partial charge in [-0.05, 0) is 49.2 Å². The van der Waals surface area contributed by atoms with Gasteiger partial charge >= 0.3 is 6.03 Å². The Morgan fingerprint density at radius 1 is 0.852 bits per heavy atom. The van der Waals surface area contributed by atoms with E-state index in [1.54, 1.807) is 0 Å². The normalized spacial score (nSPS) is 18.5. The summed E-state index contributed by atoms with van der Waals surface area (Å²) in [6.07, 6.45) is 0.841. The smallest absolute Gasteiger partial charge is 0.326 e. The lowest BCUT2D eigenvalue weighted by Crippen LogP contribution is -2.46. The van der Waals surface area contributed by atoms with Gasteiger partial charge in [-0.15, -0.1) is 0 Å². The molecule has 3 aromatic carbocycles. The fraction of sp³-hybridized carbons (Fsp3) is 0.174. The monoisotopic (exact) mass is 357 g/mol. The molecule has 0 radical (unpaired) electrons. The number of fused-ring (bicyclic) bond motifs is 1. The van der Waals surface area contributed by atoms with E-state index in [-0.39, 0.29) is 18.1 Å². The van der Waals surface area contributed by atoms with E-state index < -0.39 is 0 Å². The van der Waals surface area contributed by atoms with Gasteiger partial charge in [-0.1, -0.05) is 54.6 Å². The lowest BCUT2D eigenvalue weighted by molar-refractivity contribution is 0.254. The number of urea groups is 1. The number of para-hydroxylation sites is 3. The zero-order valence-corrected chi connectivity index (χ0v) is 15.3. The van der Waals surface area contributed by atoms with Crippen LogP contribution >= 0.6 is 0 Å². The van der Waals surface area contributed by atoms with Crippen LogP contribution in [0.15, 0.2) is 84.9 Å². The maximum Gasteiger partial charge on any atom is 0.326 e. The molecule has 2 N–H and O–H groups in total. The standard InChI is InChI=1S/C23H23N3O/c1-17-16-21(24-18-10-4-2-5-11-18)20-14-8-9-15-22(20)26(17)23(27)25-19-12-6-3-7-13-19/h2-15,17,21,24H,16H2,1H3,(H,25,27). The number of nitrogens with zero attached hydrogens (tertiary/aromatic N) is 1. The first-order valence-electron chi connectivity index (χ1n) is 9.28. The Morgan fingerprint density at radius 3 is 2.15 bits per heavy atom. The number of hydrogen-bond donors (Lipinski definition) is 2. The topological polar surface area (TPSA) is 44.4 Å². The van der Waals surface area contributed by atoms with Crippen molar-refractivity contribution in [2.45, 2.75) is 25.4 Å². The molecular formula is C23H23N3O. The van der Waals surface area contributed by atoms with Gasteiger partial charge in [-0.3, -0.25) is 4.90 Å². The second-order valence-electron chi connectivity index (χ2n) is 6.87. The van der Waals surface area contributed by atoms with Crippen molar-refractivity contribution in [3.63, 3.8) is 0 Å². The van der Waals surface area contributed by atoms with Gasteiger partial charge in [-0.25, -0.2) is 4.79 Å². The lowest BCUT2D eigenvalue weighted by Gasteiger charge is -2.39. The zero-order valence-electron chi connectivity index (χ0n) is 15.3. The van der Waals surface area contributed by atoms with E-state index in [0.717, 1.165) is 29.0 Å². The SMILES string of the molecule is CC1CC(Nc2ccccc2)c2ccccc2N1C(=O)Nc1ccccc1. The molecule has 2 unspecified atom stereocenters. The number of carbonyl (C=O) groups is 1. The average molecular weight is 357 g/mol. The molecule has 0 saturated carbocycles. The van der Waals surface area contributed by atoms with Crippen LogP contribution in [0.2, 0.25) is 0 Å². The molecule has 1 heterocycles. The summed E-state index contributed by atoms with van der Waals surface area (Å²) in [4.78, 5) is 14.9. The minimum atomic E-state index is -0.0979. The van der Waals surface area contributed by atoms with Crippen LogP contribution in [0.4, 0.5) is 21.9 Å². The summed E-state index contributed by atoms with van der Waals surface area (Å²) in [6.45, 7) is 2.10. The summed E-state index contributed by atoms with van der Waals surface area (Å²) >= 11 is 0. The average Bonchev–Trinajstić information content (AvgIpc) is 2.69. The number of hydrogen-bond acceptors (Lipinski definition) is 2. The number of carbonyl (C=O) groups excluding carboxylic acids is 1. The van der Waals surface area contributed by atoms with Crippen molar-refractivity contribution in [1.29, 1.82) is 0 Å². The largest absolute Gasteiger partial charge is 0.378 e. The van der Waals surface area contributed by atoms with Crippen LogP contribution in [0.3, 0.4) is 0 Å². The zero-order chi connectivity index (χ0) is 18.6. The molecule has 27 heavy (non-hydrogen) atoms. The number of nitrogens with one attached hydrogen (secondary N) is 2. The molecule has 4 nitrogen and oxygen atoms in total. The Kier molecular flexibility index (Phi) is 4.79. The molecule has 0 aromatic heterocycles. The molecule has 0 aliphatic carbocycles. The van der Waals surface area contributed by atoms with Crippen LogP contribution in [0.5, 0.6) is 0 Å². The van der Waals surface area contributed by atoms with Crippen molar-refractivity contribution in [3.8, 4) is 0 Å². The van der Waals surface area contributed by atoms with Crippen molar-refractivity contribution in [2.75, 3.05) is 15.5 Å². The van der Waals surface area contributed by atoms with Crippen LogP contribution in [-0.4, -0.2) is 12.1 Å². The van der Waals surface area contributed by atoms with Gasteiger partial charge in [0.25, 0.3) is 0 Å². The van der Waals surface area contributed by atoms with E-state index in [1.807, 2.05) is 71.6 Å². The Labute approximate surface area is 159 Å². The maximum absolute atomic E-state index is 13.0. The quantitative estimate of drug-likeness (QED) is 0.634. The predicted octanol–water partition coefficient (Wildman–Crippen LogP) is 5.67. The highest BCUT2D eigenvalue weighted by molar-refractivity contribution is 6.03. The summed E-state index contributed by atoms with van der Waals surface area (Å²) in [5.74, 6) is 0. The van der Waals surface area contributed by atoms with Gasteiger partial charge in [0.05, 0.1) is 11.7 Å². The van der Waals surface area contributed by atoms with Crippen LogP contribution in [0.1, 0.15) is 24.9 Å². The molecular weight excluding hydrogens is 334 g/mol. The highest BCUT2D eigenvalue weighted by Gasteiger charge is 2.33. The molecule has 1 aliphatic heterocycles. The van der Waals surface area contributed by atoms with Gasteiger partial charge in [0, 0.05) is 17.4 Å². The van der Waals surface area contributed by atoms with Crippen molar-refractivity contribution < 1.29 is 4.79 Å². The third-order valence-corrected chi connectivity index (χ3v) is 4.95. The summed E-state index contributed by atoms with van der Waals surface area (Å²) in [5, 5.41) is 6.63. The Morgan fingerprint density at radius 2 is 1.44 bits per heavy atom. The molecule has 0 saturated heterocycles. The summed E-state index contributed by atoms with van der Waals surface area (Å²) in [5.41, 5.74) is 3.99. The van der Waals surface area contributed by atoms with Gasteiger partial charge in [-0.2, -0.15) is 0 Å². The Bertz CT molecular complexity index is 911. The number of anilines is 3. The van der Waals surface area contributed by atoms with E-state index in [4.69, 9.17) is 0 Å². The van der Waals surface area contributed by atoms with Crippen LogP contribution < -0.4 is 15.5 Å². The number of benzene rings is 3. The van der Waals surface area contributed by atoms with Gasteiger partial charge in [0.1, 0.15) is 0 Å². The molecule has 3 aromatic rings. The minimum absolute atomic E-state index is 0.0739. The molecule has 0 spiro atoms. The van der Waals surface area contributed by atoms with Gasteiger partial charge < -0.3 is 10.6 Å². The number of rotatable bonds is 3. The fourth-order valence-electron chi connectivity index (χ4n) is 3.70. The second kappa shape index (κ2) is 7.54. The first-order chi connectivity index (χ1) is 13.2. The van der Waals surface area contributed by atoms with Crippen molar-refractivity contribution >= 4 is 23.1 Å². The molecule has 136 valence electrons. The van der Waals surface area contributed by atoms with Crippen LogP contribution in [0, 0.1) is 0 Å². The molecule has 2 atom stereocenters. The molecule has 0 bridgehead atoms. The Balaban J connectivity index is 1.62.